The number of carboxylic acid groups (broad SMARTS) is 2. The van der Waals surface area contributed by atoms with Crippen molar-refractivity contribution in [3.8, 4) is 0 Å². The summed E-state index contributed by atoms with van der Waals surface area (Å²) in [6.45, 7) is 19.7. The molecule has 4 heteroatoms. The second kappa shape index (κ2) is 9.87. The lowest BCUT2D eigenvalue weighted by atomic mass is 9.57. The third-order valence-corrected chi connectivity index (χ3v) is 9.82. The topological polar surface area (TPSA) is 74.6 Å². The molecule has 0 spiro atoms. The van der Waals surface area contributed by atoms with Crippen molar-refractivity contribution in [3.63, 3.8) is 0 Å². The van der Waals surface area contributed by atoms with Crippen molar-refractivity contribution in [1.82, 2.24) is 0 Å². The van der Waals surface area contributed by atoms with Crippen LogP contribution in [0.4, 0.5) is 0 Å². The summed E-state index contributed by atoms with van der Waals surface area (Å²) in [4.78, 5) is 22.6. The zero-order valence-electron chi connectivity index (χ0n) is 21.9. The van der Waals surface area contributed by atoms with E-state index >= 15 is 0 Å². The molecule has 1 unspecified atom stereocenters. The molecule has 2 N–H and O–H groups in total. The molecule has 3 aliphatic carbocycles. The maximum atomic E-state index is 11.5. The highest BCUT2D eigenvalue weighted by atomic mass is 16.4. The molecule has 0 aromatic heterocycles. The summed E-state index contributed by atoms with van der Waals surface area (Å²) in [5.41, 5.74) is 6.05. The Morgan fingerprint density at radius 3 is 2.44 bits per heavy atom. The summed E-state index contributed by atoms with van der Waals surface area (Å²) in [5, 5.41) is 18.6. The highest BCUT2D eigenvalue weighted by molar-refractivity contribution is 5.85. The van der Waals surface area contributed by atoms with Crippen LogP contribution < -0.4 is 0 Å². The standard InChI is InChI=1S/C30H44O4/c1-18(2)23-11-12-24-26(29(23,6)16-14-27(31)32)17-25-21(5)22(13-15-30(24,25)7)19(3)9-8-10-20(4)28(33)34/h10,19,22-23,25H,1,5,8-9,11-17H2,2-4,6-7H3,(H,31,32)(H,33,34)/b20-10-/t19-,22-,23?,25+,29+,30+/m1/s1. The highest BCUT2D eigenvalue weighted by Gasteiger charge is 2.56. The maximum Gasteiger partial charge on any atom is 0.330 e. The first-order chi connectivity index (χ1) is 15.8. The van der Waals surface area contributed by atoms with Gasteiger partial charge in [-0.15, -0.1) is 0 Å². The van der Waals surface area contributed by atoms with E-state index in [4.69, 9.17) is 5.11 Å². The smallest absolute Gasteiger partial charge is 0.330 e. The summed E-state index contributed by atoms with van der Waals surface area (Å²) in [6, 6.07) is 0. The van der Waals surface area contributed by atoms with Crippen molar-refractivity contribution in [2.75, 3.05) is 0 Å². The largest absolute Gasteiger partial charge is 0.481 e. The van der Waals surface area contributed by atoms with Crippen LogP contribution >= 0.6 is 0 Å². The maximum absolute atomic E-state index is 11.5. The molecule has 0 aromatic rings. The minimum absolute atomic E-state index is 0.132. The van der Waals surface area contributed by atoms with Gasteiger partial charge in [0.2, 0.25) is 0 Å². The van der Waals surface area contributed by atoms with E-state index in [1.54, 1.807) is 12.5 Å². The Labute approximate surface area is 205 Å². The van der Waals surface area contributed by atoms with Crippen LogP contribution in [0.3, 0.4) is 0 Å². The fraction of sp³-hybridized carbons (Fsp3) is 0.667. The average Bonchev–Trinajstić information content (AvgIpc) is 3.07. The number of hydrogen-bond donors (Lipinski definition) is 2. The summed E-state index contributed by atoms with van der Waals surface area (Å²) >= 11 is 0. The lowest BCUT2D eigenvalue weighted by Gasteiger charge is -2.47. The van der Waals surface area contributed by atoms with Gasteiger partial charge in [-0.2, -0.15) is 0 Å². The van der Waals surface area contributed by atoms with Gasteiger partial charge in [0.15, 0.2) is 0 Å². The van der Waals surface area contributed by atoms with Gasteiger partial charge in [-0.1, -0.05) is 62.3 Å². The van der Waals surface area contributed by atoms with Gasteiger partial charge in [-0.25, -0.2) is 4.79 Å². The van der Waals surface area contributed by atoms with E-state index in [0.717, 1.165) is 44.9 Å². The quantitative estimate of drug-likeness (QED) is 0.270. The Bertz CT molecular complexity index is 937. The minimum atomic E-state index is -0.841. The van der Waals surface area contributed by atoms with E-state index in [-0.39, 0.29) is 17.3 Å². The van der Waals surface area contributed by atoms with Crippen molar-refractivity contribution in [1.29, 1.82) is 0 Å². The fourth-order valence-corrected chi connectivity index (χ4v) is 7.69. The summed E-state index contributed by atoms with van der Waals surface area (Å²) < 4.78 is 0. The average molecular weight is 469 g/mol. The van der Waals surface area contributed by atoms with Crippen molar-refractivity contribution < 1.29 is 19.8 Å². The number of aliphatic carboxylic acids is 2. The molecule has 0 aromatic carbocycles. The van der Waals surface area contributed by atoms with E-state index in [2.05, 4.69) is 40.9 Å². The second-order valence-electron chi connectivity index (χ2n) is 11.8. The van der Waals surface area contributed by atoms with E-state index < -0.39 is 11.9 Å². The van der Waals surface area contributed by atoms with Crippen molar-refractivity contribution in [2.24, 2.45) is 34.5 Å². The van der Waals surface area contributed by atoms with Gasteiger partial charge in [0.25, 0.3) is 0 Å². The number of carbonyl (C=O) groups is 2. The molecule has 34 heavy (non-hydrogen) atoms. The van der Waals surface area contributed by atoms with Gasteiger partial charge in [0, 0.05) is 12.0 Å². The van der Waals surface area contributed by atoms with Crippen LogP contribution in [0.2, 0.25) is 0 Å². The molecule has 0 aliphatic heterocycles. The molecule has 1 saturated carbocycles. The van der Waals surface area contributed by atoms with Crippen LogP contribution in [0.15, 0.2) is 47.1 Å². The molecular weight excluding hydrogens is 424 g/mol. The summed E-state index contributed by atoms with van der Waals surface area (Å²) in [5.74, 6) is 0.118. The predicted molar refractivity (Wildman–Crippen MR) is 137 cm³/mol. The van der Waals surface area contributed by atoms with E-state index in [9.17, 15) is 14.7 Å². The first kappa shape index (κ1) is 26.5. The van der Waals surface area contributed by atoms with Gasteiger partial charge >= 0.3 is 11.9 Å². The highest BCUT2D eigenvalue weighted by Crippen LogP contribution is 2.67. The molecule has 188 valence electrons. The van der Waals surface area contributed by atoms with Gasteiger partial charge < -0.3 is 10.2 Å². The normalized spacial score (nSPS) is 34.4. The molecule has 1 fully saturated rings. The second-order valence-corrected chi connectivity index (χ2v) is 11.8. The third-order valence-electron chi connectivity index (χ3n) is 9.82. The van der Waals surface area contributed by atoms with Crippen LogP contribution in [0.5, 0.6) is 0 Å². The summed E-state index contributed by atoms with van der Waals surface area (Å²) in [7, 11) is 0. The zero-order chi connectivity index (χ0) is 25.4. The SMILES string of the molecule is C=C(C)C1CCC2=C(C[C@H]3C(=C)[C@@H]([C@H](C)CC/C=C(/C)C(=O)O)CC[C@@]23C)[C@@]1(C)CCC(=O)O. The van der Waals surface area contributed by atoms with Crippen LogP contribution in [-0.4, -0.2) is 22.2 Å². The van der Waals surface area contributed by atoms with E-state index in [0.29, 0.717) is 35.7 Å². The third kappa shape index (κ3) is 4.70. The number of fused-ring (bicyclic) bond motifs is 2. The van der Waals surface area contributed by atoms with Gasteiger partial charge in [0.05, 0.1) is 0 Å². The molecule has 0 bridgehead atoms. The molecule has 0 heterocycles. The molecular formula is C30H44O4. The first-order valence-electron chi connectivity index (χ1n) is 13.0. The molecule has 4 nitrogen and oxygen atoms in total. The molecule has 0 radical (unpaired) electrons. The van der Waals surface area contributed by atoms with Crippen LogP contribution in [0.1, 0.15) is 92.4 Å². The molecule has 3 rings (SSSR count). The predicted octanol–water partition coefficient (Wildman–Crippen LogP) is 7.58. The molecule has 3 aliphatic rings. The van der Waals surface area contributed by atoms with Crippen molar-refractivity contribution >= 4 is 11.9 Å². The van der Waals surface area contributed by atoms with Crippen LogP contribution in [0, 0.1) is 34.5 Å². The lowest BCUT2D eigenvalue weighted by Crippen LogP contribution is -2.37. The van der Waals surface area contributed by atoms with E-state index in [1.165, 1.54) is 16.7 Å². The number of hydrogen-bond acceptors (Lipinski definition) is 2. The fourth-order valence-electron chi connectivity index (χ4n) is 7.69. The zero-order valence-corrected chi connectivity index (χ0v) is 21.9. The Morgan fingerprint density at radius 1 is 1.18 bits per heavy atom. The number of carboxylic acids is 2. The Balaban J connectivity index is 1.83. The first-order valence-corrected chi connectivity index (χ1v) is 13.0. The molecule has 0 amide bonds. The van der Waals surface area contributed by atoms with Gasteiger partial charge in [0.1, 0.15) is 0 Å². The van der Waals surface area contributed by atoms with Gasteiger partial charge in [-0.3, -0.25) is 4.79 Å². The van der Waals surface area contributed by atoms with Crippen LogP contribution in [-0.2, 0) is 9.59 Å². The monoisotopic (exact) mass is 468 g/mol. The number of allylic oxidation sites excluding steroid dienone is 5. The minimum Gasteiger partial charge on any atom is -0.481 e. The molecule has 6 atom stereocenters. The van der Waals surface area contributed by atoms with E-state index in [1.807, 2.05) is 6.08 Å². The van der Waals surface area contributed by atoms with Crippen molar-refractivity contribution in [3.05, 3.63) is 47.1 Å². The van der Waals surface area contributed by atoms with Crippen molar-refractivity contribution in [2.45, 2.75) is 92.4 Å². The number of rotatable bonds is 9. The summed E-state index contributed by atoms with van der Waals surface area (Å²) in [6.07, 6.45) is 9.91. The molecule has 0 saturated heterocycles. The van der Waals surface area contributed by atoms with Crippen LogP contribution in [0.25, 0.3) is 0 Å². The Hall–Kier alpha value is -2.10. The van der Waals surface area contributed by atoms with Gasteiger partial charge in [-0.05, 0) is 99.7 Å². The Kier molecular flexibility index (Phi) is 7.70. The lowest BCUT2D eigenvalue weighted by molar-refractivity contribution is -0.137. The Morgan fingerprint density at radius 2 is 1.85 bits per heavy atom.